The van der Waals surface area contributed by atoms with Crippen LogP contribution < -0.4 is 5.32 Å². The third kappa shape index (κ3) is 4.95. The molecule has 0 atom stereocenters. The fourth-order valence-electron chi connectivity index (χ4n) is 2.03. The van der Waals surface area contributed by atoms with Gasteiger partial charge in [0.05, 0.1) is 11.2 Å². The largest absolute Gasteiger partial charge is 0.321 e. The summed E-state index contributed by atoms with van der Waals surface area (Å²) in [6, 6.07) is 16.8. The van der Waals surface area contributed by atoms with Crippen LogP contribution in [0.5, 0.6) is 0 Å². The second-order valence-electron chi connectivity index (χ2n) is 5.08. The number of nitrogens with one attached hydrogen (secondary N) is 1. The van der Waals surface area contributed by atoms with Gasteiger partial charge in [0.2, 0.25) is 0 Å². The second kappa shape index (κ2) is 8.34. The van der Waals surface area contributed by atoms with Gasteiger partial charge >= 0.3 is 0 Å². The van der Waals surface area contributed by atoms with Gasteiger partial charge in [-0.05, 0) is 29.8 Å². The molecule has 0 bridgehead atoms. The van der Waals surface area contributed by atoms with Crippen molar-refractivity contribution >= 4 is 46.6 Å². The highest BCUT2D eigenvalue weighted by atomic mass is 35.5. The lowest BCUT2D eigenvalue weighted by Gasteiger charge is -2.07. The molecule has 7 heteroatoms. The SMILES string of the molecule is O=C(Nc1ccc(Cl)cc1)c1nc(SCc2ccccc2)ncc1Cl. The Balaban J connectivity index is 1.72. The number of halogens is 2. The molecule has 0 saturated carbocycles. The van der Waals surface area contributed by atoms with E-state index in [1.807, 2.05) is 30.3 Å². The van der Waals surface area contributed by atoms with Crippen molar-refractivity contribution in [3.8, 4) is 0 Å². The summed E-state index contributed by atoms with van der Waals surface area (Å²) in [5.41, 5.74) is 1.91. The van der Waals surface area contributed by atoms with Gasteiger partial charge in [-0.1, -0.05) is 65.3 Å². The molecule has 126 valence electrons. The molecule has 1 aromatic heterocycles. The molecule has 2 aromatic carbocycles. The van der Waals surface area contributed by atoms with E-state index in [0.717, 1.165) is 5.56 Å². The fourth-order valence-corrected chi connectivity index (χ4v) is 3.10. The third-order valence-electron chi connectivity index (χ3n) is 3.25. The van der Waals surface area contributed by atoms with Crippen molar-refractivity contribution in [1.82, 2.24) is 9.97 Å². The van der Waals surface area contributed by atoms with E-state index in [0.29, 0.717) is 21.6 Å². The van der Waals surface area contributed by atoms with Crippen LogP contribution in [-0.4, -0.2) is 15.9 Å². The molecule has 0 spiro atoms. The van der Waals surface area contributed by atoms with Gasteiger partial charge in [-0.2, -0.15) is 0 Å². The Morgan fingerprint density at radius 1 is 1.04 bits per heavy atom. The van der Waals surface area contributed by atoms with E-state index in [2.05, 4.69) is 15.3 Å². The van der Waals surface area contributed by atoms with Crippen molar-refractivity contribution in [3.05, 3.63) is 82.1 Å². The van der Waals surface area contributed by atoms with Gasteiger partial charge in [-0.3, -0.25) is 4.79 Å². The maximum Gasteiger partial charge on any atom is 0.275 e. The molecule has 0 aliphatic heterocycles. The number of anilines is 1. The molecular formula is C18H13Cl2N3OS. The first-order chi connectivity index (χ1) is 12.1. The van der Waals surface area contributed by atoms with Crippen molar-refractivity contribution in [2.75, 3.05) is 5.32 Å². The van der Waals surface area contributed by atoms with Crippen LogP contribution in [0.2, 0.25) is 10.0 Å². The Morgan fingerprint density at radius 2 is 1.76 bits per heavy atom. The number of aromatic nitrogens is 2. The van der Waals surface area contributed by atoms with Crippen LogP contribution in [0, 0.1) is 0 Å². The maximum atomic E-state index is 12.4. The average molecular weight is 390 g/mol. The molecule has 4 nitrogen and oxygen atoms in total. The monoisotopic (exact) mass is 389 g/mol. The zero-order chi connectivity index (χ0) is 17.6. The van der Waals surface area contributed by atoms with Crippen LogP contribution in [-0.2, 0) is 5.75 Å². The van der Waals surface area contributed by atoms with Crippen LogP contribution in [0.1, 0.15) is 16.1 Å². The van der Waals surface area contributed by atoms with Gasteiger partial charge in [-0.15, -0.1) is 0 Å². The summed E-state index contributed by atoms with van der Waals surface area (Å²) >= 11 is 13.4. The molecule has 0 aliphatic rings. The average Bonchev–Trinajstić information content (AvgIpc) is 2.64. The number of carbonyl (C=O) groups is 1. The van der Waals surface area contributed by atoms with Gasteiger partial charge in [-0.25, -0.2) is 9.97 Å². The molecule has 3 aromatic rings. The lowest BCUT2D eigenvalue weighted by molar-refractivity contribution is 0.102. The minimum absolute atomic E-state index is 0.141. The number of nitrogens with zero attached hydrogens (tertiary/aromatic N) is 2. The van der Waals surface area contributed by atoms with Crippen molar-refractivity contribution in [3.63, 3.8) is 0 Å². The van der Waals surface area contributed by atoms with Gasteiger partial charge in [0, 0.05) is 16.5 Å². The van der Waals surface area contributed by atoms with Gasteiger partial charge in [0.1, 0.15) is 0 Å². The highest BCUT2D eigenvalue weighted by Crippen LogP contribution is 2.23. The van der Waals surface area contributed by atoms with Crippen molar-refractivity contribution < 1.29 is 4.79 Å². The lowest BCUT2D eigenvalue weighted by Crippen LogP contribution is -2.15. The molecule has 0 radical (unpaired) electrons. The predicted molar refractivity (Wildman–Crippen MR) is 102 cm³/mol. The first kappa shape index (κ1) is 17.7. The highest BCUT2D eigenvalue weighted by molar-refractivity contribution is 7.98. The highest BCUT2D eigenvalue weighted by Gasteiger charge is 2.15. The summed E-state index contributed by atoms with van der Waals surface area (Å²) in [4.78, 5) is 20.9. The summed E-state index contributed by atoms with van der Waals surface area (Å²) < 4.78 is 0. The number of carbonyl (C=O) groups excluding carboxylic acids is 1. The minimum Gasteiger partial charge on any atom is -0.321 e. The van der Waals surface area contributed by atoms with Gasteiger partial charge < -0.3 is 5.32 Å². The molecule has 1 heterocycles. The predicted octanol–water partition coefficient (Wildman–Crippen LogP) is 5.33. The van der Waals surface area contributed by atoms with E-state index in [4.69, 9.17) is 23.2 Å². The Labute approximate surface area is 159 Å². The van der Waals surface area contributed by atoms with Gasteiger partial charge in [0.15, 0.2) is 10.9 Å². The Morgan fingerprint density at radius 3 is 2.48 bits per heavy atom. The standard InChI is InChI=1S/C18H13Cl2N3OS/c19-13-6-8-14(9-7-13)22-17(24)16-15(20)10-21-18(23-16)25-11-12-4-2-1-3-5-12/h1-10H,11H2,(H,22,24). The van der Waals surface area contributed by atoms with Gasteiger partial charge in [0.25, 0.3) is 5.91 Å². The normalized spacial score (nSPS) is 10.5. The zero-order valence-electron chi connectivity index (χ0n) is 12.9. The summed E-state index contributed by atoms with van der Waals surface area (Å²) in [6.07, 6.45) is 1.44. The molecule has 0 aliphatic carbocycles. The number of benzene rings is 2. The summed E-state index contributed by atoms with van der Waals surface area (Å²) in [6.45, 7) is 0. The smallest absolute Gasteiger partial charge is 0.275 e. The van der Waals surface area contributed by atoms with Crippen molar-refractivity contribution in [2.24, 2.45) is 0 Å². The number of hydrogen-bond acceptors (Lipinski definition) is 4. The molecule has 1 N–H and O–H groups in total. The summed E-state index contributed by atoms with van der Waals surface area (Å²) in [7, 11) is 0. The molecule has 1 amide bonds. The van der Waals surface area contributed by atoms with Crippen LogP contribution in [0.3, 0.4) is 0 Å². The van der Waals surface area contributed by atoms with Crippen molar-refractivity contribution in [1.29, 1.82) is 0 Å². The van der Waals surface area contributed by atoms with Crippen LogP contribution in [0.4, 0.5) is 5.69 Å². The molecule has 3 rings (SSSR count). The van der Waals surface area contributed by atoms with Crippen LogP contribution >= 0.6 is 35.0 Å². The Hall–Kier alpha value is -2.08. The van der Waals surface area contributed by atoms with E-state index in [9.17, 15) is 4.79 Å². The molecule has 0 fully saturated rings. The van der Waals surface area contributed by atoms with E-state index < -0.39 is 5.91 Å². The van der Waals surface area contributed by atoms with E-state index in [-0.39, 0.29) is 10.7 Å². The topological polar surface area (TPSA) is 54.9 Å². The maximum absolute atomic E-state index is 12.4. The van der Waals surface area contributed by atoms with Crippen molar-refractivity contribution in [2.45, 2.75) is 10.9 Å². The van der Waals surface area contributed by atoms with E-state index in [1.165, 1.54) is 18.0 Å². The Bertz CT molecular complexity index is 873. The van der Waals surface area contributed by atoms with Crippen LogP contribution in [0.15, 0.2) is 66.0 Å². The van der Waals surface area contributed by atoms with E-state index >= 15 is 0 Å². The van der Waals surface area contributed by atoms with Crippen LogP contribution in [0.25, 0.3) is 0 Å². The quantitative estimate of drug-likeness (QED) is 0.473. The number of thioether (sulfide) groups is 1. The van der Waals surface area contributed by atoms with E-state index in [1.54, 1.807) is 24.3 Å². The summed E-state index contributed by atoms with van der Waals surface area (Å²) in [5.74, 6) is 0.317. The number of hydrogen-bond donors (Lipinski definition) is 1. The molecule has 0 saturated heterocycles. The summed E-state index contributed by atoms with van der Waals surface area (Å²) in [5, 5.41) is 4.04. The zero-order valence-corrected chi connectivity index (χ0v) is 15.3. The molecule has 0 unspecified atom stereocenters. The number of rotatable bonds is 5. The third-order valence-corrected chi connectivity index (χ3v) is 4.71. The first-order valence-electron chi connectivity index (χ1n) is 7.38. The second-order valence-corrected chi connectivity index (χ2v) is 6.87. The first-order valence-corrected chi connectivity index (χ1v) is 9.12. The minimum atomic E-state index is -0.392. The molecule has 25 heavy (non-hydrogen) atoms. The fraction of sp³-hybridized carbons (Fsp3) is 0.0556. The Kier molecular flexibility index (Phi) is 5.91. The number of amides is 1. The lowest BCUT2D eigenvalue weighted by atomic mass is 10.2. The molecular weight excluding hydrogens is 377 g/mol.